The summed E-state index contributed by atoms with van der Waals surface area (Å²) in [7, 11) is -0.983. The van der Waals surface area contributed by atoms with Crippen LogP contribution in [0.5, 0.6) is 0 Å². The van der Waals surface area contributed by atoms with Gasteiger partial charge in [-0.1, -0.05) is 0 Å². The van der Waals surface area contributed by atoms with Gasteiger partial charge in [-0.3, -0.25) is 9.89 Å². The lowest BCUT2D eigenvalue weighted by Crippen LogP contribution is -2.35. The van der Waals surface area contributed by atoms with Crippen LogP contribution in [0.1, 0.15) is 0 Å². The molecule has 1 heterocycles. The number of hydrogen-bond donors (Lipinski definition) is 1. The normalized spacial score (nSPS) is 12.2. The van der Waals surface area contributed by atoms with E-state index < -0.39 is 15.8 Å². The van der Waals surface area contributed by atoms with Crippen LogP contribution >= 0.6 is 0 Å². The van der Waals surface area contributed by atoms with Crippen molar-refractivity contribution in [3.05, 3.63) is 22.6 Å². The molecule has 0 radical (unpaired) electrons. The molecule has 7 heteroatoms. The lowest BCUT2D eigenvalue weighted by Gasteiger charge is -2.09. The van der Waals surface area contributed by atoms with Gasteiger partial charge in [0.25, 0.3) is 5.56 Å². The van der Waals surface area contributed by atoms with Crippen LogP contribution in [0, 0.1) is 0 Å². The Hall–Kier alpha value is -1.08. The summed E-state index contributed by atoms with van der Waals surface area (Å²) in [5.41, 5.74) is -0.594. The third-order valence-electron chi connectivity index (χ3n) is 1.31. The van der Waals surface area contributed by atoms with Gasteiger partial charge in [0.1, 0.15) is 0 Å². The minimum absolute atomic E-state index is 0.562. The molecule has 6 nitrogen and oxygen atoms in total. The molecule has 0 amide bonds. The van der Waals surface area contributed by atoms with Crippen molar-refractivity contribution < 1.29 is 8.42 Å². The highest BCUT2D eigenvalue weighted by molar-refractivity contribution is 7.87. The maximum absolute atomic E-state index is 11.3. The van der Waals surface area contributed by atoms with E-state index >= 15 is 0 Å². The van der Waals surface area contributed by atoms with E-state index in [1.165, 1.54) is 20.3 Å². The van der Waals surface area contributed by atoms with Gasteiger partial charge in [0.05, 0.1) is 0 Å². The molecule has 1 aromatic rings. The van der Waals surface area contributed by atoms with Gasteiger partial charge in [-0.15, -0.1) is 4.09 Å². The lowest BCUT2D eigenvalue weighted by molar-refractivity contribution is 0.502. The Kier molecular flexibility index (Phi) is 2.07. The first-order valence-corrected chi connectivity index (χ1v) is 4.55. The Balaban J connectivity index is 3.34. The van der Waals surface area contributed by atoms with Crippen LogP contribution in [0.3, 0.4) is 0 Å². The van der Waals surface area contributed by atoms with Gasteiger partial charge in [0.2, 0.25) is 0 Å². The molecule has 0 aliphatic rings. The molecule has 12 heavy (non-hydrogen) atoms. The largest absolute Gasteiger partial charge is 0.324 e. The summed E-state index contributed by atoms with van der Waals surface area (Å²) in [5, 5.41) is 2.30. The first-order valence-electron chi connectivity index (χ1n) is 3.15. The molecule has 1 rings (SSSR count). The molecule has 0 atom stereocenters. The lowest BCUT2D eigenvalue weighted by atomic mass is 10.7. The highest BCUT2D eigenvalue weighted by Crippen LogP contribution is 1.92. The third-order valence-corrected chi connectivity index (χ3v) is 2.98. The number of H-pyrrole nitrogens is 1. The number of nitrogens with one attached hydrogen (secondary N) is 1. The Bertz CT molecular complexity index is 413. The van der Waals surface area contributed by atoms with Gasteiger partial charge in [0, 0.05) is 26.4 Å². The summed E-state index contributed by atoms with van der Waals surface area (Å²) in [6.07, 6.45) is 1.27. The molecule has 0 unspecified atom stereocenters. The molecule has 0 saturated heterocycles. The zero-order valence-electron chi connectivity index (χ0n) is 6.68. The Morgan fingerprint density at radius 3 is 2.42 bits per heavy atom. The number of nitrogens with zero attached hydrogens (tertiary/aromatic N) is 2. The van der Waals surface area contributed by atoms with Crippen LogP contribution in [0.25, 0.3) is 0 Å². The van der Waals surface area contributed by atoms with E-state index in [-0.39, 0.29) is 0 Å². The van der Waals surface area contributed by atoms with Crippen molar-refractivity contribution in [3.8, 4) is 0 Å². The third kappa shape index (κ3) is 1.28. The van der Waals surface area contributed by atoms with Crippen molar-refractivity contribution in [2.24, 2.45) is 0 Å². The van der Waals surface area contributed by atoms with Crippen LogP contribution in [0.15, 0.2) is 17.1 Å². The van der Waals surface area contributed by atoms with E-state index in [2.05, 4.69) is 5.10 Å². The highest BCUT2D eigenvalue weighted by Gasteiger charge is 2.17. The first-order chi connectivity index (χ1) is 5.46. The number of hydrogen-bond acceptors (Lipinski definition) is 3. The summed E-state index contributed by atoms with van der Waals surface area (Å²) in [6.45, 7) is 0. The van der Waals surface area contributed by atoms with Crippen molar-refractivity contribution in [1.82, 2.24) is 13.5 Å². The van der Waals surface area contributed by atoms with E-state index in [0.29, 0.717) is 4.09 Å². The van der Waals surface area contributed by atoms with E-state index in [4.69, 9.17) is 0 Å². The fourth-order valence-corrected chi connectivity index (χ4v) is 1.46. The monoisotopic (exact) mass is 191 g/mol. The second-order valence-corrected chi connectivity index (χ2v) is 4.35. The Morgan fingerprint density at radius 2 is 2.08 bits per heavy atom. The summed E-state index contributed by atoms with van der Waals surface area (Å²) < 4.78 is 24.1. The van der Waals surface area contributed by atoms with Gasteiger partial charge in [-0.05, 0) is 0 Å². The molecule has 0 aliphatic heterocycles. The predicted octanol–water partition coefficient (Wildman–Crippen LogP) is -1.17. The van der Waals surface area contributed by atoms with Crippen molar-refractivity contribution in [3.63, 3.8) is 0 Å². The number of aromatic nitrogens is 2. The van der Waals surface area contributed by atoms with Crippen LogP contribution in [-0.4, -0.2) is 36.0 Å². The van der Waals surface area contributed by atoms with Gasteiger partial charge >= 0.3 is 10.2 Å². The number of aromatic amines is 1. The smallest absolute Gasteiger partial charge is 0.288 e. The SMILES string of the molecule is CN(C)S(=O)(=O)n1[nH]ccc1=O. The molecule has 0 saturated carbocycles. The highest BCUT2D eigenvalue weighted by atomic mass is 32.2. The summed E-state index contributed by atoms with van der Waals surface area (Å²) in [4.78, 5) is 10.9. The Morgan fingerprint density at radius 1 is 1.50 bits per heavy atom. The average molecular weight is 191 g/mol. The molecular formula is C5H9N3O3S. The average Bonchev–Trinajstić information content (AvgIpc) is 2.35. The van der Waals surface area contributed by atoms with Crippen molar-refractivity contribution in [2.75, 3.05) is 14.1 Å². The Labute approximate surface area is 69.6 Å². The van der Waals surface area contributed by atoms with Crippen LogP contribution < -0.4 is 5.56 Å². The van der Waals surface area contributed by atoms with E-state index in [1.807, 2.05) is 0 Å². The van der Waals surface area contributed by atoms with Crippen molar-refractivity contribution in [1.29, 1.82) is 0 Å². The quantitative estimate of drug-likeness (QED) is 0.640. The molecule has 68 valence electrons. The second-order valence-electron chi connectivity index (χ2n) is 2.36. The van der Waals surface area contributed by atoms with Gasteiger partial charge in [-0.2, -0.15) is 12.7 Å². The fraction of sp³-hybridized carbons (Fsp3) is 0.400. The summed E-state index contributed by atoms with van der Waals surface area (Å²) >= 11 is 0. The van der Waals surface area contributed by atoms with E-state index in [1.54, 1.807) is 0 Å². The molecule has 0 aliphatic carbocycles. The van der Waals surface area contributed by atoms with E-state index in [0.717, 1.165) is 10.4 Å². The minimum atomic E-state index is -3.68. The molecular weight excluding hydrogens is 182 g/mol. The second kappa shape index (κ2) is 2.76. The maximum atomic E-state index is 11.3. The number of rotatable bonds is 2. The minimum Gasteiger partial charge on any atom is -0.288 e. The standard InChI is InChI=1S/C5H9N3O3S/c1-7(2)12(10,11)8-5(9)3-4-6-8/h3-4,6H,1-2H3. The van der Waals surface area contributed by atoms with Gasteiger partial charge in [-0.25, -0.2) is 0 Å². The van der Waals surface area contributed by atoms with Crippen LogP contribution in [-0.2, 0) is 10.2 Å². The molecule has 0 bridgehead atoms. The molecule has 0 spiro atoms. The molecule has 0 fully saturated rings. The topological polar surface area (TPSA) is 75.2 Å². The van der Waals surface area contributed by atoms with E-state index in [9.17, 15) is 13.2 Å². The van der Waals surface area contributed by atoms with Crippen molar-refractivity contribution in [2.45, 2.75) is 0 Å². The summed E-state index contributed by atoms with van der Waals surface area (Å²) in [5.74, 6) is 0. The predicted molar refractivity (Wildman–Crippen MR) is 43.1 cm³/mol. The van der Waals surface area contributed by atoms with Crippen molar-refractivity contribution >= 4 is 10.2 Å². The molecule has 0 aromatic carbocycles. The van der Waals surface area contributed by atoms with Gasteiger partial charge in [0.15, 0.2) is 0 Å². The van der Waals surface area contributed by atoms with Gasteiger partial charge < -0.3 is 0 Å². The van der Waals surface area contributed by atoms with Crippen LogP contribution in [0.4, 0.5) is 0 Å². The summed E-state index contributed by atoms with van der Waals surface area (Å²) in [6, 6.07) is 1.14. The fourth-order valence-electron chi connectivity index (χ4n) is 0.651. The molecule has 1 N–H and O–H groups in total. The zero-order valence-corrected chi connectivity index (χ0v) is 7.50. The zero-order chi connectivity index (χ0) is 9.35. The molecule has 1 aromatic heterocycles. The first kappa shape index (κ1) is 9.01. The maximum Gasteiger partial charge on any atom is 0.324 e. The van der Waals surface area contributed by atoms with Crippen LogP contribution in [0.2, 0.25) is 0 Å².